The van der Waals surface area contributed by atoms with Crippen LogP contribution in [-0.2, 0) is 19.0 Å². The van der Waals surface area contributed by atoms with E-state index in [0.29, 0.717) is 12.8 Å². The minimum Gasteiger partial charge on any atom is -0.469 e. The highest BCUT2D eigenvalue weighted by atomic mass is 16.8. The maximum atomic E-state index is 11.4. The summed E-state index contributed by atoms with van der Waals surface area (Å²) in [4.78, 5) is 11.4. The summed E-state index contributed by atoms with van der Waals surface area (Å²) in [6.07, 6.45) is -0.270. The monoisotopic (exact) mass is 230 g/mol. The van der Waals surface area contributed by atoms with Gasteiger partial charge in [0, 0.05) is 0 Å². The summed E-state index contributed by atoms with van der Waals surface area (Å²) in [5, 5.41) is 9.91. The molecule has 1 aliphatic heterocycles. The highest BCUT2D eigenvalue weighted by Crippen LogP contribution is 2.39. The third kappa shape index (κ3) is 2.07. The lowest BCUT2D eigenvalue weighted by Crippen LogP contribution is -2.44. The summed E-state index contributed by atoms with van der Waals surface area (Å²) in [5.41, 5.74) is 0. The molecule has 2 fully saturated rings. The van der Waals surface area contributed by atoms with Crippen LogP contribution in [0.2, 0.25) is 0 Å². The minimum atomic E-state index is -0.679. The van der Waals surface area contributed by atoms with Crippen LogP contribution in [0, 0.1) is 5.92 Å². The fourth-order valence-corrected chi connectivity index (χ4v) is 2.53. The molecule has 0 unspecified atom stereocenters. The number of hydrogen-bond donors (Lipinski definition) is 1. The minimum absolute atomic E-state index is 0.220. The van der Waals surface area contributed by atoms with E-state index in [0.717, 1.165) is 0 Å². The van der Waals surface area contributed by atoms with Crippen LogP contribution in [-0.4, -0.2) is 42.3 Å². The Morgan fingerprint density at radius 3 is 2.69 bits per heavy atom. The molecular formula is C11H18O5. The predicted octanol–water partition coefficient (Wildman–Crippen LogP) is 0.450. The Bertz CT molecular complexity index is 288. The van der Waals surface area contributed by atoms with E-state index in [1.54, 1.807) is 0 Å². The Labute approximate surface area is 94.7 Å². The van der Waals surface area contributed by atoms with Crippen LogP contribution in [0.5, 0.6) is 0 Å². The molecular weight excluding hydrogens is 212 g/mol. The smallest absolute Gasteiger partial charge is 0.308 e. The highest BCUT2D eigenvalue weighted by Gasteiger charge is 2.50. The van der Waals surface area contributed by atoms with Gasteiger partial charge in [0.1, 0.15) is 6.10 Å². The summed E-state index contributed by atoms with van der Waals surface area (Å²) >= 11 is 0. The fraction of sp³-hybridized carbons (Fsp3) is 0.909. The molecule has 2 aliphatic rings. The molecule has 1 aliphatic carbocycles. The standard InChI is InChI=1S/C11H18O5/c1-11(2)15-8-5-6(10(13)14-3)4-7(12)9(8)16-11/h6-9,12H,4-5H2,1-3H3/t6-,7+,8-,9+/m1/s1. The lowest BCUT2D eigenvalue weighted by atomic mass is 9.83. The van der Waals surface area contributed by atoms with E-state index in [2.05, 4.69) is 0 Å². The normalized spacial score (nSPS) is 41.5. The molecule has 0 amide bonds. The average Bonchev–Trinajstić information content (AvgIpc) is 2.52. The van der Waals surface area contributed by atoms with Gasteiger partial charge in [-0.1, -0.05) is 0 Å². The number of aliphatic hydroxyl groups is 1. The Morgan fingerprint density at radius 2 is 2.06 bits per heavy atom. The molecule has 5 heteroatoms. The maximum absolute atomic E-state index is 11.4. The van der Waals surface area contributed by atoms with Gasteiger partial charge in [0.15, 0.2) is 5.79 Å². The summed E-state index contributed by atoms with van der Waals surface area (Å²) in [6.45, 7) is 3.62. The number of methoxy groups -OCH3 is 1. The van der Waals surface area contributed by atoms with E-state index in [1.807, 2.05) is 13.8 Å². The van der Waals surface area contributed by atoms with Crippen LogP contribution in [0.4, 0.5) is 0 Å². The highest BCUT2D eigenvalue weighted by molar-refractivity contribution is 5.72. The molecule has 4 atom stereocenters. The number of hydrogen-bond acceptors (Lipinski definition) is 5. The molecule has 2 rings (SSSR count). The van der Waals surface area contributed by atoms with Crippen molar-refractivity contribution in [2.75, 3.05) is 7.11 Å². The van der Waals surface area contributed by atoms with Gasteiger partial charge in [-0.25, -0.2) is 0 Å². The summed E-state index contributed by atoms with van der Waals surface area (Å²) in [5.74, 6) is -1.26. The zero-order chi connectivity index (χ0) is 11.9. The first kappa shape index (κ1) is 11.8. The average molecular weight is 230 g/mol. The summed E-state index contributed by atoms with van der Waals surface area (Å²) in [7, 11) is 1.36. The van der Waals surface area contributed by atoms with Gasteiger partial charge in [0.25, 0.3) is 0 Å². The molecule has 1 N–H and O–H groups in total. The third-order valence-corrected chi connectivity index (χ3v) is 3.18. The molecule has 1 saturated heterocycles. The van der Waals surface area contributed by atoms with Crippen molar-refractivity contribution in [3.8, 4) is 0 Å². The quantitative estimate of drug-likeness (QED) is 0.662. The van der Waals surface area contributed by atoms with Crippen molar-refractivity contribution >= 4 is 5.97 Å². The van der Waals surface area contributed by atoms with Crippen molar-refractivity contribution in [1.82, 2.24) is 0 Å². The van der Waals surface area contributed by atoms with Gasteiger partial charge < -0.3 is 19.3 Å². The molecule has 0 aromatic rings. The van der Waals surface area contributed by atoms with E-state index < -0.39 is 11.9 Å². The Morgan fingerprint density at radius 1 is 1.38 bits per heavy atom. The van der Waals surface area contributed by atoms with Crippen LogP contribution in [0.15, 0.2) is 0 Å². The van der Waals surface area contributed by atoms with Gasteiger partial charge in [0.2, 0.25) is 0 Å². The predicted molar refractivity (Wildman–Crippen MR) is 54.6 cm³/mol. The molecule has 5 nitrogen and oxygen atoms in total. The van der Waals surface area contributed by atoms with Crippen LogP contribution < -0.4 is 0 Å². The van der Waals surface area contributed by atoms with Crippen LogP contribution >= 0.6 is 0 Å². The van der Waals surface area contributed by atoms with E-state index in [-0.39, 0.29) is 24.1 Å². The van der Waals surface area contributed by atoms with Crippen molar-refractivity contribution in [3.05, 3.63) is 0 Å². The third-order valence-electron chi connectivity index (χ3n) is 3.18. The molecule has 0 spiro atoms. The molecule has 0 aromatic heterocycles. The maximum Gasteiger partial charge on any atom is 0.308 e. The number of carbonyl (C=O) groups excluding carboxylic acids is 1. The van der Waals surface area contributed by atoms with Gasteiger partial charge in [-0.05, 0) is 26.7 Å². The Kier molecular flexibility index (Phi) is 2.94. The number of ether oxygens (including phenoxy) is 3. The first-order chi connectivity index (χ1) is 7.43. The second-order valence-corrected chi connectivity index (χ2v) is 4.90. The van der Waals surface area contributed by atoms with Crippen LogP contribution in [0.1, 0.15) is 26.7 Å². The molecule has 0 aromatic carbocycles. The van der Waals surface area contributed by atoms with Crippen LogP contribution in [0.25, 0.3) is 0 Å². The first-order valence-electron chi connectivity index (χ1n) is 5.54. The summed E-state index contributed by atoms with van der Waals surface area (Å²) < 4.78 is 16.0. The molecule has 92 valence electrons. The second kappa shape index (κ2) is 3.98. The number of carbonyl (C=O) groups is 1. The van der Waals surface area contributed by atoms with Crippen molar-refractivity contribution < 1.29 is 24.1 Å². The lowest BCUT2D eigenvalue weighted by Gasteiger charge is -2.31. The molecule has 0 bridgehead atoms. The van der Waals surface area contributed by atoms with Gasteiger partial charge in [-0.2, -0.15) is 0 Å². The van der Waals surface area contributed by atoms with Crippen molar-refractivity contribution in [2.45, 2.75) is 50.8 Å². The zero-order valence-electron chi connectivity index (χ0n) is 9.80. The topological polar surface area (TPSA) is 65.0 Å². The van der Waals surface area contributed by atoms with Crippen molar-refractivity contribution in [3.63, 3.8) is 0 Å². The first-order valence-corrected chi connectivity index (χ1v) is 5.54. The zero-order valence-corrected chi connectivity index (χ0v) is 9.80. The van der Waals surface area contributed by atoms with Gasteiger partial charge in [-0.3, -0.25) is 4.79 Å². The fourth-order valence-electron chi connectivity index (χ4n) is 2.53. The summed E-state index contributed by atoms with van der Waals surface area (Å²) in [6, 6.07) is 0. The van der Waals surface area contributed by atoms with E-state index in [9.17, 15) is 9.90 Å². The van der Waals surface area contributed by atoms with Crippen LogP contribution in [0.3, 0.4) is 0 Å². The molecule has 16 heavy (non-hydrogen) atoms. The molecule has 0 radical (unpaired) electrons. The molecule has 1 heterocycles. The number of rotatable bonds is 1. The number of esters is 1. The lowest BCUT2D eigenvalue weighted by molar-refractivity contribution is -0.153. The number of aliphatic hydroxyl groups excluding tert-OH is 1. The Balaban J connectivity index is 2.07. The van der Waals surface area contributed by atoms with E-state index in [4.69, 9.17) is 14.2 Å². The van der Waals surface area contributed by atoms with Gasteiger partial charge in [0.05, 0.1) is 25.2 Å². The van der Waals surface area contributed by atoms with Gasteiger partial charge in [-0.15, -0.1) is 0 Å². The van der Waals surface area contributed by atoms with Gasteiger partial charge >= 0.3 is 5.97 Å². The van der Waals surface area contributed by atoms with E-state index in [1.165, 1.54) is 7.11 Å². The van der Waals surface area contributed by atoms with Crippen molar-refractivity contribution in [1.29, 1.82) is 0 Å². The Hall–Kier alpha value is -0.650. The van der Waals surface area contributed by atoms with E-state index >= 15 is 0 Å². The largest absolute Gasteiger partial charge is 0.469 e. The SMILES string of the molecule is COC(=O)[C@@H]1C[C@H](O)[C@@H]2OC(C)(C)O[C@@H]2C1. The van der Waals surface area contributed by atoms with Crippen molar-refractivity contribution in [2.24, 2.45) is 5.92 Å². The second-order valence-electron chi connectivity index (χ2n) is 4.90. The molecule has 1 saturated carbocycles. The number of fused-ring (bicyclic) bond motifs is 1.